The van der Waals surface area contributed by atoms with E-state index >= 15 is 0 Å². The number of thioether (sulfide) groups is 2. The summed E-state index contributed by atoms with van der Waals surface area (Å²) in [7, 11) is 0. The Morgan fingerprint density at radius 3 is 2.83 bits per heavy atom. The lowest BCUT2D eigenvalue weighted by molar-refractivity contribution is -0.123. The summed E-state index contributed by atoms with van der Waals surface area (Å²) in [6, 6.07) is 12.3. The number of nitrogens with zero attached hydrogens (tertiary/aromatic N) is 1. The van der Waals surface area contributed by atoms with Gasteiger partial charge in [0.1, 0.15) is 5.75 Å². The highest BCUT2D eigenvalue weighted by Crippen LogP contribution is 2.48. The third kappa shape index (κ3) is 5.57. The Labute approximate surface area is 187 Å². The number of nitrogens with one attached hydrogen (secondary N) is 1. The van der Waals surface area contributed by atoms with Gasteiger partial charge in [0, 0.05) is 33.9 Å². The van der Waals surface area contributed by atoms with Crippen molar-refractivity contribution >= 4 is 52.1 Å². The van der Waals surface area contributed by atoms with E-state index in [1.54, 1.807) is 22.7 Å². The Morgan fingerprint density at radius 1 is 1.21 bits per heavy atom. The maximum Gasteiger partial charge on any atom is 0.257 e. The number of thiophene rings is 1. The quantitative estimate of drug-likeness (QED) is 0.486. The molecule has 0 saturated carbocycles. The summed E-state index contributed by atoms with van der Waals surface area (Å²) in [6.07, 6.45) is 0.811. The first-order valence-corrected chi connectivity index (χ1v) is 13.2. The summed E-state index contributed by atoms with van der Waals surface area (Å²) in [5.41, 5.74) is 2.22. The van der Waals surface area contributed by atoms with Crippen LogP contribution in [0.5, 0.6) is 5.75 Å². The first-order valence-electron chi connectivity index (χ1n) is 9.42. The summed E-state index contributed by atoms with van der Waals surface area (Å²) in [5, 5.41) is 6.13. The highest BCUT2D eigenvalue weighted by atomic mass is 32.2. The predicted octanol–water partition coefficient (Wildman–Crippen LogP) is 5.40. The van der Waals surface area contributed by atoms with Gasteiger partial charge in [0.25, 0.3) is 5.91 Å². The molecule has 1 amide bonds. The van der Waals surface area contributed by atoms with Crippen LogP contribution in [0.25, 0.3) is 10.6 Å². The number of rotatable bonds is 8. The second-order valence-electron chi connectivity index (χ2n) is 6.52. The number of para-hydroxylation sites is 1. The van der Waals surface area contributed by atoms with E-state index in [4.69, 9.17) is 4.74 Å². The van der Waals surface area contributed by atoms with Crippen molar-refractivity contribution in [2.45, 2.75) is 17.9 Å². The first-order chi connectivity index (χ1) is 14.2. The van der Waals surface area contributed by atoms with Crippen molar-refractivity contribution in [1.29, 1.82) is 0 Å². The van der Waals surface area contributed by atoms with Crippen molar-refractivity contribution < 1.29 is 9.53 Å². The molecule has 8 heteroatoms. The molecule has 4 nitrogen and oxygen atoms in total. The molecule has 1 aliphatic rings. The Bertz CT molecular complexity index is 963. The highest BCUT2D eigenvalue weighted by molar-refractivity contribution is 8.19. The average Bonchev–Trinajstić information content (AvgIpc) is 3.48. The van der Waals surface area contributed by atoms with Gasteiger partial charge in [0.05, 0.1) is 20.2 Å². The smallest absolute Gasteiger partial charge is 0.257 e. The van der Waals surface area contributed by atoms with Gasteiger partial charge in [-0.25, -0.2) is 4.98 Å². The summed E-state index contributed by atoms with van der Waals surface area (Å²) >= 11 is 7.27. The van der Waals surface area contributed by atoms with Gasteiger partial charge < -0.3 is 10.1 Å². The van der Waals surface area contributed by atoms with Gasteiger partial charge in [-0.15, -0.1) is 46.2 Å². The number of aromatic nitrogens is 1. The molecular weight excluding hydrogens is 441 g/mol. The maximum absolute atomic E-state index is 12.2. The van der Waals surface area contributed by atoms with E-state index in [2.05, 4.69) is 33.9 Å². The van der Waals surface area contributed by atoms with Crippen LogP contribution in [0.3, 0.4) is 0 Å². The fourth-order valence-corrected chi connectivity index (χ4v) is 7.55. The van der Waals surface area contributed by atoms with E-state index in [0.717, 1.165) is 34.4 Å². The highest BCUT2D eigenvalue weighted by Gasteiger charge is 2.21. The number of hydrogen-bond donors (Lipinski definition) is 1. The zero-order valence-corrected chi connectivity index (χ0v) is 19.3. The molecule has 0 radical (unpaired) electrons. The number of hydrogen-bond acceptors (Lipinski definition) is 7. The van der Waals surface area contributed by atoms with E-state index in [-0.39, 0.29) is 12.5 Å². The first kappa shape index (κ1) is 20.8. The van der Waals surface area contributed by atoms with Gasteiger partial charge >= 0.3 is 0 Å². The summed E-state index contributed by atoms with van der Waals surface area (Å²) in [6.45, 7) is 2.67. The zero-order chi connectivity index (χ0) is 20.1. The molecule has 2 aromatic heterocycles. The molecule has 152 valence electrons. The predicted molar refractivity (Wildman–Crippen MR) is 126 cm³/mol. The lowest BCUT2D eigenvalue weighted by Gasteiger charge is -2.15. The number of carbonyl (C=O) groups excluding carboxylic acids is 1. The molecular formula is C21H22N2O2S4. The van der Waals surface area contributed by atoms with Gasteiger partial charge in [-0.1, -0.05) is 18.2 Å². The van der Waals surface area contributed by atoms with Gasteiger partial charge in [0.2, 0.25) is 0 Å². The van der Waals surface area contributed by atoms with Crippen molar-refractivity contribution in [3.05, 3.63) is 57.2 Å². The van der Waals surface area contributed by atoms with Gasteiger partial charge in [-0.3, -0.25) is 4.79 Å². The maximum atomic E-state index is 12.2. The van der Waals surface area contributed by atoms with Crippen LogP contribution in [0.2, 0.25) is 0 Å². The summed E-state index contributed by atoms with van der Waals surface area (Å²) < 4.78 is 6.24. The van der Waals surface area contributed by atoms with Gasteiger partial charge in [0.15, 0.2) is 6.61 Å². The lowest BCUT2D eigenvalue weighted by Crippen LogP contribution is -2.30. The molecule has 0 aliphatic carbocycles. The number of ether oxygens (including phenoxy) is 1. The van der Waals surface area contributed by atoms with Crippen LogP contribution in [0.1, 0.15) is 20.0 Å². The van der Waals surface area contributed by atoms with Crippen molar-refractivity contribution in [1.82, 2.24) is 10.3 Å². The summed E-state index contributed by atoms with van der Waals surface area (Å²) in [4.78, 5) is 19.2. The number of amides is 1. The van der Waals surface area contributed by atoms with E-state index in [1.165, 1.54) is 15.3 Å². The fraction of sp³-hybridized carbons (Fsp3) is 0.333. The van der Waals surface area contributed by atoms with Crippen LogP contribution in [-0.2, 0) is 11.2 Å². The minimum Gasteiger partial charge on any atom is -0.483 e. The molecule has 1 aliphatic heterocycles. The van der Waals surface area contributed by atoms with Gasteiger partial charge in [-0.05, 0) is 31.5 Å². The zero-order valence-electron chi connectivity index (χ0n) is 16.1. The van der Waals surface area contributed by atoms with E-state index in [0.29, 0.717) is 11.1 Å². The fourth-order valence-electron chi connectivity index (χ4n) is 2.99. The van der Waals surface area contributed by atoms with Crippen molar-refractivity contribution in [3.63, 3.8) is 0 Å². The topological polar surface area (TPSA) is 51.2 Å². The molecule has 29 heavy (non-hydrogen) atoms. The van der Waals surface area contributed by atoms with Crippen LogP contribution < -0.4 is 10.1 Å². The van der Waals surface area contributed by atoms with Crippen LogP contribution >= 0.6 is 46.2 Å². The standard InChI is InChI=1S/C21H22N2O2S4/c1-14-23-17(13-28-14)19-7-6-15(29-19)8-9-22-20(24)12-25-18-5-3-2-4-16(18)21-26-10-11-27-21/h2-7,13,21H,8-12H2,1H3,(H,22,24). The number of carbonyl (C=O) groups is 1. The van der Waals surface area contributed by atoms with E-state index in [1.807, 2.05) is 48.6 Å². The van der Waals surface area contributed by atoms with Crippen molar-refractivity contribution in [3.8, 4) is 16.3 Å². The van der Waals surface area contributed by atoms with Gasteiger partial charge in [-0.2, -0.15) is 0 Å². The molecule has 4 rings (SSSR count). The number of benzene rings is 1. The molecule has 0 atom stereocenters. The number of aryl methyl sites for hydroxylation is 1. The third-order valence-electron chi connectivity index (χ3n) is 4.38. The normalized spacial score (nSPS) is 14.2. The van der Waals surface area contributed by atoms with E-state index in [9.17, 15) is 4.79 Å². The van der Waals surface area contributed by atoms with Crippen LogP contribution in [0, 0.1) is 6.92 Å². The van der Waals surface area contributed by atoms with Crippen molar-refractivity contribution in [2.75, 3.05) is 24.7 Å². The van der Waals surface area contributed by atoms with Crippen LogP contribution in [-0.4, -0.2) is 35.5 Å². The molecule has 1 saturated heterocycles. The molecule has 0 spiro atoms. The Hall–Kier alpha value is -1.48. The Balaban J connectivity index is 1.24. The Kier molecular flexibility index (Phi) is 7.18. The summed E-state index contributed by atoms with van der Waals surface area (Å²) in [5.74, 6) is 3.06. The molecule has 1 aromatic carbocycles. The second-order valence-corrected chi connectivity index (χ2v) is 11.5. The molecule has 1 N–H and O–H groups in total. The lowest BCUT2D eigenvalue weighted by atomic mass is 10.2. The Morgan fingerprint density at radius 2 is 2.03 bits per heavy atom. The monoisotopic (exact) mass is 462 g/mol. The average molecular weight is 463 g/mol. The third-order valence-corrected chi connectivity index (χ3v) is 9.39. The molecule has 0 unspecified atom stereocenters. The molecule has 1 fully saturated rings. The van der Waals surface area contributed by atoms with Crippen LogP contribution in [0.15, 0.2) is 41.8 Å². The van der Waals surface area contributed by atoms with E-state index < -0.39 is 0 Å². The minimum absolute atomic E-state index is 0.0485. The minimum atomic E-state index is -0.0848. The number of thiazole rings is 1. The molecule has 3 aromatic rings. The SMILES string of the molecule is Cc1nc(-c2ccc(CCNC(=O)COc3ccccc3C3SCCS3)s2)cs1. The van der Waals surface area contributed by atoms with Crippen LogP contribution in [0.4, 0.5) is 0 Å². The largest absolute Gasteiger partial charge is 0.483 e. The molecule has 3 heterocycles. The van der Waals surface area contributed by atoms with Crippen molar-refractivity contribution in [2.24, 2.45) is 0 Å². The molecule has 0 bridgehead atoms. The second kappa shape index (κ2) is 10.0.